The third kappa shape index (κ3) is 4.29. The summed E-state index contributed by atoms with van der Waals surface area (Å²) >= 11 is 0. The molecule has 0 unspecified atom stereocenters. The normalized spacial score (nSPS) is 14.6. The lowest BCUT2D eigenvalue weighted by Gasteiger charge is -2.33. The topological polar surface area (TPSA) is 93.2 Å². The fourth-order valence-electron chi connectivity index (χ4n) is 3.87. The maximum absolute atomic E-state index is 5.50. The SMILES string of the molecule is COc1ccc(CNc2nc(N3CCN(C)CC3)cc3nc(-c4ccco4)nn23)cc1OC. The Balaban J connectivity index is 1.48. The van der Waals surface area contributed by atoms with Gasteiger partial charge in [-0.1, -0.05) is 6.07 Å². The van der Waals surface area contributed by atoms with Gasteiger partial charge in [0.25, 0.3) is 0 Å². The molecule has 33 heavy (non-hydrogen) atoms. The molecule has 1 fully saturated rings. The van der Waals surface area contributed by atoms with Crippen LogP contribution < -0.4 is 19.7 Å². The van der Waals surface area contributed by atoms with Gasteiger partial charge in [-0.05, 0) is 36.9 Å². The van der Waals surface area contributed by atoms with Crippen LogP contribution in [-0.2, 0) is 6.54 Å². The number of methoxy groups -OCH3 is 2. The van der Waals surface area contributed by atoms with Gasteiger partial charge in [0.2, 0.25) is 11.8 Å². The summed E-state index contributed by atoms with van der Waals surface area (Å²) in [7, 11) is 5.39. The van der Waals surface area contributed by atoms with E-state index in [4.69, 9.17) is 23.9 Å². The average molecular weight is 450 g/mol. The molecule has 0 atom stereocenters. The molecule has 0 spiro atoms. The molecule has 1 aliphatic rings. The van der Waals surface area contributed by atoms with Crippen molar-refractivity contribution in [2.24, 2.45) is 0 Å². The van der Waals surface area contributed by atoms with Crippen LogP contribution in [0.4, 0.5) is 11.8 Å². The number of anilines is 2. The van der Waals surface area contributed by atoms with Crippen molar-refractivity contribution in [3.63, 3.8) is 0 Å². The molecule has 0 bridgehead atoms. The minimum absolute atomic E-state index is 0.520. The monoisotopic (exact) mass is 449 g/mol. The van der Waals surface area contributed by atoms with Crippen LogP contribution in [0.15, 0.2) is 47.1 Å². The van der Waals surface area contributed by atoms with Crippen molar-refractivity contribution in [3.8, 4) is 23.1 Å². The lowest BCUT2D eigenvalue weighted by atomic mass is 10.2. The number of likely N-dealkylation sites (N-methyl/N-ethyl adjacent to an activating group) is 1. The summed E-state index contributed by atoms with van der Waals surface area (Å²) in [6.45, 7) is 4.34. The fraction of sp³-hybridized carbons (Fsp3) is 0.348. The summed E-state index contributed by atoms with van der Waals surface area (Å²) in [5, 5.41) is 8.07. The first-order valence-electron chi connectivity index (χ1n) is 10.8. The summed E-state index contributed by atoms with van der Waals surface area (Å²) in [5.74, 6) is 4.00. The maximum Gasteiger partial charge on any atom is 0.228 e. The second kappa shape index (κ2) is 8.99. The molecule has 1 saturated heterocycles. The highest BCUT2D eigenvalue weighted by molar-refractivity contribution is 5.60. The number of aromatic nitrogens is 4. The molecular formula is C23H27N7O3. The summed E-state index contributed by atoms with van der Waals surface area (Å²) in [5.41, 5.74) is 1.74. The lowest BCUT2D eigenvalue weighted by molar-refractivity contribution is 0.312. The number of nitrogens with one attached hydrogen (secondary N) is 1. The number of furan rings is 1. The molecule has 10 nitrogen and oxygen atoms in total. The third-order valence-corrected chi connectivity index (χ3v) is 5.78. The molecule has 172 valence electrons. The zero-order chi connectivity index (χ0) is 22.8. The van der Waals surface area contributed by atoms with Crippen molar-refractivity contribution in [2.45, 2.75) is 6.54 Å². The van der Waals surface area contributed by atoms with Crippen molar-refractivity contribution >= 4 is 17.4 Å². The Morgan fingerprint density at radius 1 is 1.00 bits per heavy atom. The van der Waals surface area contributed by atoms with Crippen LogP contribution in [0.2, 0.25) is 0 Å². The minimum Gasteiger partial charge on any atom is -0.493 e. The van der Waals surface area contributed by atoms with Gasteiger partial charge in [0.1, 0.15) is 5.82 Å². The van der Waals surface area contributed by atoms with Gasteiger partial charge in [0.15, 0.2) is 22.9 Å². The quantitative estimate of drug-likeness (QED) is 0.457. The van der Waals surface area contributed by atoms with E-state index in [9.17, 15) is 0 Å². The first-order chi connectivity index (χ1) is 16.1. The van der Waals surface area contributed by atoms with Gasteiger partial charge in [0, 0.05) is 38.8 Å². The van der Waals surface area contributed by atoms with Gasteiger partial charge < -0.3 is 29.0 Å². The van der Waals surface area contributed by atoms with Gasteiger partial charge in [-0.15, -0.1) is 5.10 Å². The predicted octanol–water partition coefficient (Wildman–Crippen LogP) is 2.77. The molecule has 3 aromatic heterocycles. The highest BCUT2D eigenvalue weighted by Crippen LogP contribution is 2.28. The van der Waals surface area contributed by atoms with Crippen LogP contribution in [-0.4, -0.2) is 71.9 Å². The van der Waals surface area contributed by atoms with Gasteiger partial charge >= 0.3 is 0 Å². The minimum atomic E-state index is 0.520. The van der Waals surface area contributed by atoms with E-state index < -0.39 is 0 Å². The number of hydrogen-bond acceptors (Lipinski definition) is 9. The number of rotatable bonds is 7. The molecule has 4 heterocycles. The second-order valence-corrected chi connectivity index (χ2v) is 7.95. The van der Waals surface area contributed by atoms with Crippen molar-refractivity contribution in [3.05, 3.63) is 48.2 Å². The van der Waals surface area contributed by atoms with E-state index in [1.807, 2.05) is 36.4 Å². The lowest BCUT2D eigenvalue weighted by Crippen LogP contribution is -2.44. The second-order valence-electron chi connectivity index (χ2n) is 7.95. The maximum atomic E-state index is 5.50. The number of nitrogens with zero attached hydrogens (tertiary/aromatic N) is 6. The van der Waals surface area contributed by atoms with E-state index in [1.165, 1.54) is 0 Å². The van der Waals surface area contributed by atoms with Crippen molar-refractivity contribution < 1.29 is 13.9 Å². The Morgan fingerprint density at radius 3 is 2.55 bits per heavy atom. The Bertz CT molecular complexity index is 1230. The highest BCUT2D eigenvalue weighted by Gasteiger charge is 2.20. The molecule has 0 radical (unpaired) electrons. The smallest absolute Gasteiger partial charge is 0.228 e. The van der Waals surface area contributed by atoms with Crippen molar-refractivity contribution in [1.29, 1.82) is 0 Å². The average Bonchev–Trinajstić information content (AvgIpc) is 3.52. The molecule has 0 saturated carbocycles. The standard InChI is InChI=1S/C23H27N7O3/c1-28-8-10-29(11-9-28)20-14-21-25-22(18-5-4-12-33-18)27-30(21)23(26-20)24-15-16-6-7-17(31-2)19(13-16)32-3/h4-7,12-14H,8-11,15H2,1-3H3,(H,24,26). The molecular weight excluding hydrogens is 422 g/mol. The third-order valence-electron chi connectivity index (χ3n) is 5.78. The number of ether oxygens (including phenoxy) is 2. The largest absolute Gasteiger partial charge is 0.493 e. The Hall–Kier alpha value is -3.79. The van der Waals surface area contributed by atoms with E-state index in [2.05, 4.69) is 27.3 Å². The molecule has 5 rings (SSSR count). The van der Waals surface area contributed by atoms with Crippen molar-refractivity contribution in [2.75, 3.05) is 57.7 Å². The van der Waals surface area contributed by atoms with Crippen LogP contribution in [0.3, 0.4) is 0 Å². The number of benzene rings is 1. The number of fused-ring (bicyclic) bond motifs is 1. The molecule has 4 aromatic rings. The molecule has 1 N–H and O–H groups in total. The van der Waals surface area contributed by atoms with E-state index in [0.29, 0.717) is 41.2 Å². The van der Waals surface area contributed by atoms with Crippen molar-refractivity contribution in [1.82, 2.24) is 24.5 Å². The Morgan fingerprint density at radius 2 is 1.82 bits per heavy atom. The van der Waals surface area contributed by atoms with Crippen LogP contribution in [0, 0.1) is 0 Å². The van der Waals surface area contributed by atoms with E-state index >= 15 is 0 Å². The molecule has 0 aliphatic carbocycles. The molecule has 1 aliphatic heterocycles. The van der Waals surface area contributed by atoms with E-state index in [-0.39, 0.29) is 0 Å². The summed E-state index contributed by atoms with van der Waals surface area (Å²) in [6, 6.07) is 11.5. The zero-order valence-electron chi connectivity index (χ0n) is 19.0. The van der Waals surface area contributed by atoms with E-state index in [1.54, 1.807) is 25.0 Å². The highest BCUT2D eigenvalue weighted by atomic mass is 16.5. The first-order valence-corrected chi connectivity index (χ1v) is 10.8. The predicted molar refractivity (Wildman–Crippen MR) is 125 cm³/mol. The summed E-state index contributed by atoms with van der Waals surface area (Å²) < 4.78 is 18.0. The zero-order valence-corrected chi connectivity index (χ0v) is 19.0. The van der Waals surface area contributed by atoms with Gasteiger partial charge in [-0.2, -0.15) is 9.50 Å². The summed E-state index contributed by atoms with van der Waals surface area (Å²) in [4.78, 5) is 14.2. The van der Waals surface area contributed by atoms with Crippen LogP contribution in [0.5, 0.6) is 11.5 Å². The van der Waals surface area contributed by atoms with Crippen LogP contribution >= 0.6 is 0 Å². The van der Waals surface area contributed by atoms with Crippen LogP contribution in [0.1, 0.15) is 5.56 Å². The fourth-order valence-corrected chi connectivity index (χ4v) is 3.87. The molecule has 10 heteroatoms. The number of piperazine rings is 1. The molecule has 1 aromatic carbocycles. The first kappa shape index (κ1) is 21.1. The molecule has 0 amide bonds. The van der Waals surface area contributed by atoms with Crippen LogP contribution in [0.25, 0.3) is 17.2 Å². The number of hydrogen-bond donors (Lipinski definition) is 1. The van der Waals surface area contributed by atoms with Gasteiger partial charge in [-0.3, -0.25) is 0 Å². The Kier molecular flexibility index (Phi) is 5.74. The Labute approximate surface area is 191 Å². The van der Waals surface area contributed by atoms with E-state index in [0.717, 1.165) is 37.6 Å². The van der Waals surface area contributed by atoms with Gasteiger partial charge in [0.05, 0.1) is 20.5 Å². The summed E-state index contributed by atoms with van der Waals surface area (Å²) in [6.07, 6.45) is 1.62. The van der Waals surface area contributed by atoms with Gasteiger partial charge in [-0.25, -0.2) is 4.98 Å².